The number of hydrogen-bond acceptors (Lipinski definition) is 3. The zero-order valence-electron chi connectivity index (χ0n) is 5.82. The minimum atomic E-state index is -0.500. The van der Waals surface area contributed by atoms with Gasteiger partial charge in [-0.05, 0) is 0 Å². The molecule has 0 aromatic rings. The first-order valence-corrected chi connectivity index (χ1v) is 3.30. The predicted molar refractivity (Wildman–Crippen MR) is 36.5 cm³/mol. The van der Waals surface area contributed by atoms with E-state index in [9.17, 15) is 5.11 Å². The van der Waals surface area contributed by atoms with Crippen molar-refractivity contribution in [3.8, 4) is 0 Å². The highest BCUT2D eigenvalue weighted by molar-refractivity contribution is 4.84. The first-order chi connectivity index (χ1) is 4.84. The molecule has 0 saturated carbocycles. The van der Waals surface area contributed by atoms with E-state index in [4.69, 9.17) is 9.47 Å². The molecule has 0 bridgehead atoms. The lowest BCUT2D eigenvalue weighted by molar-refractivity contribution is -0.142. The van der Waals surface area contributed by atoms with Crippen LogP contribution in [0.2, 0.25) is 0 Å². The molecular formula is C7H12O3. The highest BCUT2D eigenvalue weighted by atomic mass is 16.7. The summed E-state index contributed by atoms with van der Waals surface area (Å²) in [6.45, 7) is 4.95. The van der Waals surface area contributed by atoms with Crippen molar-refractivity contribution in [2.24, 2.45) is 5.92 Å². The van der Waals surface area contributed by atoms with Crippen molar-refractivity contribution in [2.45, 2.75) is 6.10 Å². The molecule has 10 heavy (non-hydrogen) atoms. The smallest absolute Gasteiger partial charge is 0.146 e. The van der Waals surface area contributed by atoms with Gasteiger partial charge in [-0.3, -0.25) is 0 Å². The fourth-order valence-electron chi connectivity index (χ4n) is 0.896. The minimum Gasteiger partial charge on any atom is -0.389 e. The second-order valence-electron chi connectivity index (χ2n) is 2.35. The van der Waals surface area contributed by atoms with Crippen LogP contribution < -0.4 is 0 Å². The first kappa shape index (κ1) is 7.72. The number of hydrogen-bond donors (Lipinski definition) is 1. The standard InChI is InChI=1S/C7H12O3/c1-2-7(8)6-3-9-5-10-4-6/h2,6-8H,1,3-5H2. The van der Waals surface area contributed by atoms with Crippen LogP contribution in [0.1, 0.15) is 0 Å². The summed E-state index contributed by atoms with van der Waals surface area (Å²) in [5.74, 6) is 0.0613. The molecule has 1 atom stereocenters. The first-order valence-electron chi connectivity index (χ1n) is 3.30. The Labute approximate surface area is 60.3 Å². The maximum Gasteiger partial charge on any atom is 0.146 e. The van der Waals surface area contributed by atoms with Gasteiger partial charge in [0.05, 0.1) is 19.3 Å². The van der Waals surface area contributed by atoms with Gasteiger partial charge in [-0.2, -0.15) is 0 Å². The molecule has 0 amide bonds. The molecule has 1 fully saturated rings. The van der Waals surface area contributed by atoms with Gasteiger partial charge >= 0.3 is 0 Å². The van der Waals surface area contributed by atoms with Crippen LogP contribution in [-0.4, -0.2) is 31.2 Å². The normalized spacial score (nSPS) is 24.1. The summed E-state index contributed by atoms with van der Waals surface area (Å²) in [6, 6.07) is 0. The average molecular weight is 144 g/mol. The summed E-state index contributed by atoms with van der Waals surface area (Å²) in [4.78, 5) is 0. The predicted octanol–water partition coefficient (Wildman–Crippen LogP) is 0.154. The molecule has 3 heteroatoms. The molecule has 1 saturated heterocycles. The van der Waals surface area contributed by atoms with Gasteiger partial charge in [0.25, 0.3) is 0 Å². The number of rotatable bonds is 2. The molecule has 1 unspecified atom stereocenters. The third kappa shape index (κ3) is 1.80. The van der Waals surface area contributed by atoms with Gasteiger partial charge in [0.15, 0.2) is 0 Å². The SMILES string of the molecule is C=CC(O)C1COCOC1. The maximum atomic E-state index is 9.20. The average Bonchev–Trinajstić information content (AvgIpc) is 2.05. The molecule has 0 aliphatic carbocycles. The Hall–Kier alpha value is -0.380. The molecule has 0 spiro atoms. The second-order valence-corrected chi connectivity index (χ2v) is 2.35. The van der Waals surface area contributed by atoms with E-state index in [1.807, 2.05) is 0 Å². The largest absolute Gasteiger partial charge is 0.389 e. The Morgan fingerprint density at radius 2 is 2.10 bits per heavy atom. The fraction of sp³-hybridized carbons (Fsp3) is 0.714. The quantitative estimate of drug-likeness (QED) is 0.561. The Bertz CT molecular complexity index is 107. The van der Waals surface area contributed by atoms with Crippen molar-refractivity contribution in [3.63, 3.8) is 0 Å². The van der Waals surface area contributed by atoms with Crippen molar-refractivity contribution in [1.82, 2.24) is 0 Å². The van der Waals surface area contributed by atoms with Gasteiger partial charge in [-0.15, -0.1) is 6.58 Å². The van der Waals surface area contributed by atoms with Crippen LogP contribution in [0.15, 0.2) is 12.7 Å². The van der Waals surface area contributed by atoms with E-state index in [-0.39, 0.29) is 5.92 Å². The Kier molecular flexibility index (Phi) is 2.86. The molecule has 1 aliphatic rings. The lowest BCUT2D eigenvalue weighted by Gasteiger charge is -2.24. The van der Waals surface area contributed by atoms with Gasteiger partial charge in [0.2, 0.25) is 0 Å². The van der Waals surface area contributed by atoms with Crippen LogP contribution in [0, 0.1) is 5.92 Å². The second kappa shape index (κ2) is 3.71. The number of ether oxygens (including phenoxy) is 2. The van der Waals surface area contributed by atoms with Crippen molar-refractivity contribution in [3.05, 3.63) is 12.7 Å². The van der Waals surface area contributed by atoms with Gasteiger partial charge in [0, 0.05) is 5.92 Å². The minimum absolute atomic E-state index is 0.0613. The molecule has 3 nitrogen and oxygen atoms in total. The van der Waals surface area contributed by atoms with E-state index in [0.717, 1.165) is 0 Å². The van der Waals surface area contributed by atoms with Gasteiger partial charge in [-0.1, -0.05) is 6.08 Å². The van der Waals surface area contributed by atoms with Crippen LogP contribution >= 0.6 is 0 Å². The Morgan fingerprint density at radius 3 is 2.60 bits per heavy atom. The maximum absolute atomic E-state index is 9.20. The molecule has 0 aromatic carbocycles. The van der Waals surface area contributed by atoms with Crippen LogP contribution in [0.25, 0.3) is 0 Å². The fourth-order valence-corrected chi connectivity index (χ4v) is 0.896. The molecule has 1 heterocycles. The van der Waals surface area contributed by atoms with Crippen LogP contribution in [0.4, 0.5) is 0 Å². The zero-order valence-corrected chi connectivity index (χ0v) is 5.82. The topological polar surface area (TPSA) is 38.7 Å². The van der Waals surface area contributed by atoms with Crippen molar-refractivity contribution < 1.29 is 14.6 Å². The van der Waals surface area contributed by atoms with Crippen LogP contribution in [0.3, 0.4) is 0 Å². The zero-order chi connectivity index (χ0) is 7.40. The number of aliphatic hydroxyl groups excluding tert-OH is 1. The summed E-state index contributed by atoms with van der Waals surface area (Å²) in [6.07, 6.45) is 1.00. The molecule has 0 radical (unpaired) electrons. The van der Waals surface area contributed by atoms with E-state index in [1.165, 1.54) is 6.08 Å². The van der Waals surface area contributed by atoms with E-state index >= 15 is 0 Å². The summed E-state index contributed by atoms with van der Waals surface area (Å²) in [5.41, 5.74) is 0. The lowest BCUT2D eigenvalue weighted by atomic mass is 10.0. The van der Waals surface area contributed by atoms with E-state index in [0.29, 0.717) is 20.0 Å². The highest BCUT2D eigenvalue weighted by Crippen LogP contribution is 2.10. The molecule has 1 aliphatic heterocycles. The third-order valence-electron chi connectivity index (χ3n) is 1.55. The van der Waals surface area contributed by atoms with Gasteiger partial charge in [-0.25, -0.2) is 0 Å². The lowest BCUT2D eigenvalue weighted by Crippen LogP contribution is -2.32. The molecule has 0 aromatic heterocycles. The number of aliphatic hydroxyl groups is 1. The third-order valence-corrected chi connectivity index (χ3v) is 1.55. The Balaban J connectivity index is 2.30. The molecule has 1 rings (SSSR count). The highest BCUT2D eigenvalue weighted by Gasteiger charge is 2.19. The van der Waals surface area contributed by atoms with Crippen molar-refractivity contribution in [2.75, 3.05) is 20.0 Å². The van der Waals surface area contributed by atoms with E-state index in [2.05, 4.69) is 6.58 Å². The van der Waals surface area contributed by atoms with Crippen LogP contribution in [0.5, 0.6) is 0 Å². The summed E-state index contributed by atoms with van der Waals surface area (Å²) < 4.78 is 9.95. The van der Waals surface area contributed by atoms with Gasteiger partial charge in [0.1, 0.15) is 6.79 Å². The molecular weight excluding hydrogens is 132 g/mol. The summed E-state index contributed by atoms with van der Waals surface area (Å²) in [5, 5.41) is 9.20. The molecule has 1 N–H and O–H groups in total. The van der Waals surface area contributed by atoms with Gasteiger partial charge < -0.3 is 14.6 Å². The van der Waals surface area contributed by atoms with Crippen LogP contribution in [-0.2, 0) is 9.47 Å². The summed E-state index contributed by atoms with van der Waals surface area (Å²) >= 11 is 0. The molecule has 58 valence electrons. The van der Waals surface area contributed by atoms with E-state index in [1.54, 1.807) is 0 Å². The monoisotopic (exact) mass is 144 g/mol. The van der Waals surface area contributed by atoms with Crippen molar-refractivity contribution in [1.29, 1.82) is 0 Å². The van der Waals surface area contributed by atoms with E-state index < -0.39 is 6.10 Å². The van der Waals surface area contributed by atoms with Crippen molar-refractivity contribution >= 4 is 0 Å². The summed E-state index contributed by atoms with van der Waals surface area (Å²) in [7, 11) is 0. The Morgan fingerprint density at radius 1 is 1.50 bits per heavy atom.